The fraction of sp³-hybridized carbons (Fsp3) is 0.0588. The van der Waals surface area contributed by atoms with E-state index in [9.17, 15) is 14.4 Å². The first-order chi connectivity index (χ1) is 12.6. The summed E-state index contributed by atoms with van der Waals surface area (Å²) in [4.78, 5) is 46.5. The van der Waals surface area contributed by atoms with E-state index >= 15 is 0 Å². The maximum absolute atomic E-state index is 12.5. The Morgan fingerprint density at radius 2 is 2.04 bits per heavy atom. The number of aromatic nitrogens is 4. The maximum atomic E-state index is 12.5. The number of nitrogens with one attached hydrogen (secondary N) is 3. The summed E-state index contributed by atoms with van der Waals surface area (Å²) in [6.07, 6.45) is 2.52. The number of H-pyrrole nitrogens is 2. The van der Waals surface area contributed by atoms with Gasteiger partial charge in [-0.25, -0.2) is 9.78 Å². The highest BCUT2D eigenvalue weighted by Gasteiger charge is 2.17. The quantitative estimate of drug-likeness (QED) is 0.511. The maximum Gasteiger partial charge on any atom is 0.328 e. The Morgan fingerprint density at radius 1 is 1.19 bits per heavy atom. The highest BCUT2D eigenvalue weighted by Crippen LogP contribution is 2.13. The van der Waals surface area contributed by atoms with E-state index < -0.39 is 17.2 Å². The zero-order chi connectivity index (χ0) is 18.1. The molecule has 0 spiro atoms. The summed E-state index contributed by atoms with van der Waals surface area (Å²) in [5.41, 5.74) is -0.138. The van der Waals surface area contributed by atoms with E-state index in [1.807, 2.05) is 18.2 Å². The molecule has 3 heterocycles. The molecule has 9 nitrogen and oxygen atoms in total. The number of rotatable bonds is 4. The van der Waals surface area contributed by atoms with Crippen LogP contribution in [-0.2, 0) is 6.54 Å². The molecule has 3 N–H and O–H groups in total. The lowest BCUT2D eigenvalue weighted by Crippen LogP contribution is -2.39. The first kappa shape index (κ1) is 15.6. The van der Waals surface area contributed by atoms with Crippen molar-refractivity contribution >= 4 is 22.9 Å². The lowest BCUT2D eigenvalue weighted by molar-refractivity contribution is 0.102. The molecule has 1 amide bonds. The molecule has 0 aliphatic heterocycles. The third-order valence-electron chi connectivity index (χ3n) is 3.82. The van der Waals surface area contributed by atoms with Crippen LogP contribution in [0.15, 0.2) is 62.9 Å². The molecule has 0 saturated carbocycles. The van der Waals surface area contributed by atoms with Crippen molar-refractivity contribution in [3.8, 4) is 0 Å². The van der Waals surface area contributed by atoms with E-state index in [1.165, 1.54) is 6.26 Å². The van der Waals surface area contributed by atoms with Crippen LogP contribution in [0.5, 0.6) is 0 Å². The van der Waals surface area contributed by atoms with Crippen molar-refractivity contribution < 1.29 is 9.21 Å². The van der Waals surface area contributed by atoms with Crippen molar-refractivity contribution in [1.82, 2.24) is 19.5 Å². The van der Waals surface area contributed by atoms with Crippen LogP contribution >= 0.6 is 0 Å². The van der Waals surface area contributed by atoms with Crippen LogP contribution in [0.3, 0.4) is 0 Å². The molecule has 4 rings (SSSR count). The number of benzene rings is 1. The monoisotopic (exact) mass is 351 g/mol. The van der Waals surface area contributed by atoms with Crippen LogP contribution in [0, 0.1) is 0 Å². The van der Waals surface area contributed by atoms with Gasteiger partial charge in [0, 0.05) is 6.20 Å². The molecular weight excluding hydrogens is 338 g/mol. The average molecular weight is 351 g/mol. The Bertz CT molecular complexity index is 1170. The number of carbonyl (C=O) groups is 1. The number of aromatic amines is 2. The van der Waals surface area contributed by atoms with E-state index in [0.29, 0.717) is 11.3 Å². The van der Waals surface area contributed by atoms with E-state index in [1.54, 1.807) is 18.2 Å². The van der Waals surface area contributed by atoms with Gasteiger partial charge in [0.15, 0.2) is 0 Å². The summed E-state index contributed by atoms with van der Waals surface area (Å²) in [5, 5.41) is 2.53. The summed E-state index contributed by atoms with van der Waals surface area (Å²) in [6.45, 7) is -0.0765. The molecule has 0 unspecified atom stereocenters. The molecular formula is C17H13N5O4. The number of hydrogen-bond donors (Lipinski definition) is 3. The average Bonchev–Trinajstić information content (AvgIpc) is 3.27. The number of imidazole rings is 1. The van der Waals surface area contributed by atoms with E-state index in [0.717, 1.165) is 16.3 Å². The number of anilines is 1. The summed E-state index contributed by atoms with van der Waals surface area (Å²) in [6, 6.07) is 10.5. The van der Waals surface area contributed by atoms with Crippen LogP contribution < -0.4 is 16.6 Å². The smallest absolute Gasteiger partial charge is 0.328 e. The van der Waals surface area contributed by atoms with Gasteiger partial charge in [-0.1, -0.05) is 12.1 Å². The normalized spacial score (nSPS) is 10.9. The van der Waals surface area contributed by atoms with Crippen molar-refractivity contribution in [3.63, 3.8) is 0 Å². The molecule has 0 saturated heterocycles. The Morgan fingerprint density at radius 3 is 2.81 bits per heavy atom. The Hall–Kier alpha value is -3.88. The van der Waals surface area contributed by atoms with Gasteiger partial charge in [-0.2, -0.15) is 0 Å². The minimum atomic E-state index is -0.723. The molecule has 1 aromatic carbocycles. The number of fused-ring (bicyclic) bond motifs is 1. The minimum Gasteiger partial charge on any atom is -0.467 e. The van der Waals surface area contributed by atoms with E-state index in [4.69, 9.17) is 4.42 Å². The van der Waals surface area contributed by atoms with Gasteiger partial charge in [0.05, 0.1) is 23.8 Å². The summed E-state index contributed by atoms with van der Waals surface area (Å²) < 4.78 is 6.04. The second kappa shape index (κ2) is 6.20. The summed E-state index contributed by atoms with van der Waals surface area (Å²) >= 11 is 0. The largest absolute Gasteiger partial charge is 0.467 e. The van der Waals surface area contributed by atoms with Gasteiger partial charge in [0.1, 0.15) is 11.3 Å². The zero-order valence-electron chi connectivity index (χ0n) is 13.4. The second-order valence-corrected chi connectivity index (χ2v) is 5.53. The fourth-order valence-corrected chi connectivity index (χ4v) is 2.56. The Balaban J connectivity index is 1.65. The van der Waals surface area contributed by atoms with Gasteiger partial charge in [0.25, 0.3) is 11.5 Å². The highest BCUT2D eigenvalue weighted by molar-refractivity contribution is 6.03. The fourth-order valence-electron chi connectivity index (χ4n) is 2.56. The number of nitrogens with zero attached hydrogens (tertiary/aromatic N) is 2. The van der Waals surface area contributed by atoms with Gasteiger partial charge in [-0.3, -0.25) is 19.5 Å². The predicted octanol–water partition coefficient (Wildman–Crippen LogP) is 1.31. The number of furan rings is 1. The van der Waals surface area contributed by atoms with Crippen LogP contribution in [0.1, 0.15) is 16.1 Å². The Kier molecular flexibility index (Phi) is 3.73. The van der Waals surface area contributed by atoms with E-state index in [-0.39, 0.29) is 18.1 Å². The lowest BCUT2D eigenvalue weighted by atomic mass is 10.3. The number of carbonyl (C=O) groups excluding carboxylic acids is 1. The number of amides is 1. The first-order valence-electron chi connectivity index (χ1n) is 7.73. The zero-order valence-corrected chi connectivity index (χ0v) is 13.4. The standard InChI is InChI=1S/C17H13N5O4/c23-14(21-16-19-12-5-1-2-6-13(12)20-16)11-8-18-17(25)22(15(11)24)9-10-4-3-7-26-10/h1-8H,9H2,(H,18,25)(H2,19,20,21,23). The van der Waals surface area contributed by atoms with Gasteiger partial charge in [-0.15, -0.1) is 0 Å². The summed E-state index contributed by atoms with van der Waals surface area (Å²) in [5.74, 6) is -0.0506. The Labute approximate surface area is 145 Å². The molecule has 130 valence electrons. The number of hydrogen-bond acceptors (Lipinski definition) is 5. The SMILES string of the molecule is O=C(Nc1nc2ccccc2[nH]1)c1c[nH]c(=O)n(Cc2ccco2)c1=O. The molecule has 0 aliphatic rings. The van der Waals surface area contributed by atoms with Crippen LogP contribution in [0.25, 0.3) is 11.0 Å². The van der Waals surface area contributed by atoms with Crippen LogP contribution in [-0.4, -0.2) is 25.4 Å². The number of para-hydroxylation sites is 2. The van der Waals surface area contributed by atoms with Crippen molar-refractivity contribution in [2.75, 3.05) is 5.32 Å². The van der Waals surface area contributed by atoms with Gasteiger partial charge in [-0.05, 0) is 24.3 Å². The first-order valence-corrected chi connectivity index (χ1v) is 7.73. The van der Waals surface area contributed by atoms with E-state index in [2.05, 4.69) is 20.3 Å². The molecule has 0 atom stereocenters. The predicted molar refractivity (Wildman–Crippen MR) is 93.2 cm³/mol. The molecule has 9 heteroatoms. The van der Waals surface area contributed by atoms with Crippen molar-refractivity contribution in [1.29, 1.82) is 0 Å². The molecule has 0 bridgehead atoms. The third kappa shape index (κ3) is 2.81. The van der Waals surface area contributed by atoms with Crippen LogP contribution in [0.4, 0.5) is 5.95 Å². The van der Waals surface area contributed by atoms with Gasteiger partial charge < -0.3 is 14.4 Å². The molecule has 0 aliphatic carbocycles. The van der Waals surface area contributed by atoms with Crippen molar-refractivity contribution in [2.45, 2.75) is 6.54 Å². The summed E-state index contributed by atoms with van der Waals surface area (Å²) in [7, 11) is 0. The molecule has 26 heavy (non-hydrogen) atoms. The second-order valence-electron chi connectivity index (χ2n) is 5.53. The van der Waals surface area contributed by atoms with Crippen LogP contribution in [0.2, 0.25) is 0 Å². The lowest BCUT2D eigenvalue weighted by Gasteiger charge is -2.05. The molecule has 0 radical (unpaired) electrons. The minimum absolute atomic E-state index is 0.0765. The molecule has 3 aromatic heterocycles. The highest BCUT2D eigenvalue weighted by atomic mass is 16.3. The molecule has 4 aromatic rings. The van der Waals surface area contributed by atoms with Crippen molar-refractivity contribution in [2.24, 2.45) is 0 Å². The third-order valence-corrected chi connectivity index (χ3v) is 3.82. The molecule has 0 fully saturated rings. The van der Waals surface area contributed by atoms with Gasteiger partial charge in [0.2, 0.25) is 5.95 Å². The topological polar surface area (TPSA) is 126 Å². The van der Waals surface area contributed by atoms with Crippen molar-refractivity contribution in [3.05, 3.63) is 81.0 Å². The van der Waals surface area contributed by atoms with Gasteiger partial charge >= 0.3 is 5.69 Å².